The third-order valence-electron chi connectivity index (χ3n) is 5.76. The zero-order valence-corrected chi connectivity index (χ0v) is 18.8. The van der Waals surface area contributed by atoms with Crippen LogP contribution in [0.5, 0.6) is 5.75 Å². The molecule has 30 heavy (non-hydrogen) atoms. The second kappa shape index (κ2) is 10.3. The molecule has 162 valence electrons. The number of benzene rings is 2. The monoisotopic (exact) mass is 447 g/mol. The van der Waals surface area contributed by atoms with Crippen molar-refractivity contribution in [2.75, 3.05) is 37.7 Å². The van der Waals surface area contributed by atoms with Crippen LogP contribution < -0.4 is 10.5 Å². The smallest absolute Gasteiger partial charge is 0.126 e. The van der Waals surface area contributed by atoms with Crippen molar-refractivity contribution in [3.8, 4) is 5.75 Å². The van der Waals surface area contributed by atoms with Crippen molar-refractivity contribution >= 4 is 28.5 Å². The molecule has 4 nitrogen and oxygen atoms in total. The summed E-state index contributed by atoms with van der Waals surface area (Å²) in [5, 5.41) is 0. The lowest BCUT2D eigenvalue weighted by molar-refractivity contribution is 0.237. The van der Waals surface area contributed by atoms with E-state index in [1.165, 1.54) is 0 Å². The normalized spacial score (nSPS) is 23.7. The topological polar surface area (TPSA) is 41.7 Å². The Bertz CT molecular complexity index is 871. The van der Waals surface area contributed by atoms with E-state index >= 15 is 0 Å². The summed E-state index contributed by atoms with van der Waals surface area (Å²) in [6, 6.07) is 15.4. The average molecular weight is 448 g/mol. The summed E-state index contributed by atoms with van der Waals surface area (Å²) >= 11 is 1.81. The van der Waals surface area contributed by atoms with Crippen LogP contribution in [0, 0.1) is 5.82 Å². The highest BCUT2D eigenvalue weighted by Gasteiger charge is 2.36. The van der Waals surface area contributed by atoms with Gasteiger partial charge in [-0.25, -0.2) is 13.0 Å². The highest BCUT2D eigenvalue weighted by molar-refractivity contribution is 8.14. The number of ether oxygens (including phenoxy) is 1. The Balaban J connectivity index is 1.45. The fraction of sp³-hybridized carbons (Fsp3) is 0.435. The van der Waals surface area contributed by atoms with Crippen molar-refractivity contribution in [2.45, 2.75) is 24.9 Å². The molecule has 2 N–H and O–H groups in total. The minimum Gasteiger partial charge on any atom is -0.492 e. The molecule has 2 heterocycles. The molecule has 2 saturated heterocycles. The van der Waals surface area contributed by atoms with E-state index in [4.69, 9.17) is 10.5 Å². The van der Waals surface area contributed by atoms with Crippen LogP contribution in [0.15, 0.2) is 48.5 Å². The van der Waals surface area contributed by atoms with Gasteiger partial charge in [-0.3, -0.25) is 0 Å². The Morgan fingerprint density at radius 2 is 1.97 bits per heavy atom. The maximum atomic E-state index is 14.4. The molecule has 0 amide bonds. The number of nitrogens with zero attached hydrogens (tertiary/aromatic N) is 2. The van der Waals surface area contributed by atoms with Crippen molar-refractivity contribution in [3.05, 3.63) is 65.5 Å². The van der Waals surface area contributed by atoms with Crippen molar-refractivity contribution in [1.82, 2.24) is 8.61 Å². The third kappa shape index (κ3) is 5.45. The molecule has 2 atom stereocenters. The molecular formula is C23H30FN3OS2. The maximum absolute atomic E-state index is 14.4. The van der Waals surface area contributed by atoms with Crippen LogP contribution in [0.1, 0.15) is 23.5 Å². The second-order valence-corrected chi connectivity index (χ2v) is 11.1. The Morgan fingerprint density at radius 1 is 1.17 bits per heavy atom. The summed E-state index contributed by atoms with van der Waals surface area (Å²) in [6.45, 7) is 4.03. The van der Waals surface area contributed by atoms with Gasteiger partial charge in [0, 0.05) is 55.7 Å². The summed E-state index contributed by atoms with van der Waals surface area (Å²) in [5.74, 6) is 7.45. The number of nitrogens with two attached hydrogens (primary N) is 1. The molecule has 2 aromatic rings. The molecule has 2 aliphatic rings. The number of hydrogen-bond donors (Lipinski definition) is 1. The minimum absolute atomic E-state index is 0.108. The largest absolute Gasteiger partial charge is 0.492 e. The van der Waals surface area contributed by atoms with Gasteiger partial charge in [0.2, 0.25) is 0 Å². The van der Waals surface area contributed by atoms with E-state index in [1.807, 2.05) is 36.4 Å². The van der Waals surface area contributed by atoms with Crippen LogP contribution in [0.2, 0.25) is 0 Å². The van der Waals surface area contributed by atoms with Crippen LogP contribution in [-0.4, -0.2) is 58.3 Å². The quantitative estimate of drug-likeness (QED) is 0.511. The lowest BCUT2D eigenvalue weighted by Crippen LogP contribution is -2.36. The highest BCUT2D eigenvalue weighted by Crippen LogP contribution is 2.38. The van der Waals surface area contributed by atoms with E-state index in [2.05, 4.69) is 14.5 Å². The zero-order valence-electron chi connectivity index (χ0n) is 17.2. The van der Waals surface area contributed by atoms with E-state index in [-0.39, 0.29) is 17.8 Å². The van der Waals surface area contributed by atoms with E-state index in [0.717, 1.165) is 54.4 Å². The first-order valence-corrected chi connectivity index (χ1v) is 12.9. The summed E-state index contributed by atoms with van der Waals surface area (Å²) in [4.78, 5) is 0. The third-order valence-corrected chi connectivity index (χ3v) is 8.54. The summed E-state index contributed by atoms with van der Waals surface area (Å²) in [7, 11) is 0.298. The van der Waals surface area contributed by atoms with Crippen molar-refractivity contribution < 1.29 is 9.13 Å². The molecule has 2 fully saturated rings. The van der Waals surface area contributed by atoms with E-state index in [9.17, 15) is 4.39 Å². The summed E-state index contributed by atoms with van der Waals surface area (Å²) in [5.41, 5.74) is 7.63. The number of hydrogen-bond acceptors (Lipinski definition) is 5. The lowest BCUT2D eigenvalue weighted by atomic mass is 9.96. The molecule has 0 spiro atoms. The Labute approximate surface area is 185 Å². The van der Waals surface area contributed by atoms with Crippen LogP contribution >= 0.6 is 22.6 Å². The van der Waals surface area contributed by atoms with Gasteiger partial charge in [-0.15, -0.1) is 0 Å². The molecule has 0 saturated carbocycles. The first kappa shape index (κ1) is 21.8. The Kier molecular flexibility index (Phi) is 7.49. The minimum atomic E-state index is -0.108. The van der Waals surface area contributed by atoms with E-state index < -0.39 is 0 Å². The van der Waals surface area contributed by atoms with Gasteiger partial charge in [0.25, 0.3) is 0 Å². The van der Waals surface area contributed by atoms with Gasteiger partial charge < -0.3 is 10.5 Å². The van der Waals surface area contributed by atoms with Crippen LogP contribution in [0.3, 0.4) is 0 Å². The molecule has 0 bridgehead atoms. The fourth-order valence-corrected chi connectivity index (χ4v) is 6.59. The van der Waals surface area contributed by atoms with Crippen molar-refractivity contribution in [1.29, 1.82) is 0 Å². The predicted octanol–water partition coefficient (Wildman–Crippen LogP) is 4.10. The number of halogens is 1. The van der Waals surface area contributed by atoms with Crippen LogP contribution in [0.25, 0.3) is 0 Å². The summed E-state index contributed by atoms with van der Waals surface area (Å²) < 4.78 is 25.4. The van der Waals surface area contributed by atoms with Gasteiger partial charge in [-0.2, -0.15) is 10.5 Å². The average Bonchev–Trinajstić information content (AvgIpc) is 3.16. The zero-order chi connectivity index (χ0) is 20.9. The predicted molar refractivity (Wildman–Crippen MR) is 128 cm³/mol. The molecule has 0 aliphatic carbocycles. The SMILES string of the molecule is C=S1CCN(SN2CC(c3ccccc3F)CC2COc2cccc(CN)c2)CC1. The van der Waals surface area contributed by atoms with Gasteiger partial charge in [0.1, 0.15) is 18.2 Å². The van der Waals surface area contributed by atoms with Gasteiger partial charge in [0.15, 0.2) is 0 Å². The maximum Gasteiger partial charge on any atom is 0.126 e. The standard InChI is InChI=1S/C23H30FN3OS2/c1-30-11-9-26(10-12-30)29-27-16-19(22-7-2-3-8-23(22)24)14-20(27)17-28-21-6-4-5-18(13-21)15-25/h2-8,13,19-20H,1,9-12,14-17,25H2. The molecule has 2 unspecified atom stereocenters. The molecule has 2 aliphatic heterocycles. The van der Waals surface area contributed by atoms with Crippen molar-refractivity contribution in [3.63, 3.8) is 0 Å². The molecule has 4 rings (SSSR count). The van der Waals surface area contributed by atoms with Crippen LogP contribution in [0.4, 0.5) is 4.39 Å². The van der Waals surface area contributed by atoms with Crippen LogP contribution in [-0.2, 0) is 6.54 Å². The van der Waals surface area contributed by atoms with E-state index in [1.54, 1.807) is 24.3 Å². The lowest BCUT2D eigenvalue weighted by Gasteiger charge is -2.32. The first-order valence-electron chi connectivity index (χ1n) is 10.5. The molecule has 7 heteroatoms. The van der Waals surface area contributed by atoms with Crippen molar-refractivity contribution in [2.24, 2.45) is 5.73 Å². The van der Waals surface area contributed by atoms with Gasteiger partial charge in [0.05, 0.1) is 6.04 Å². The molecule has 0 aromatic heterocycles. The fourth-order valence-electron chi connectivity index (χ4n) is 4.03. The highest BCUT2D eigenvalue weighted by atomic mass is 32.2. The second-order valence-electron chi connectivity index (χ2n) is 7.90. The van der Waals surface area contributed by atoms with E-state index in [0.29, 0.717) is 23.6 Å². The molecular weight excluding hydrogens is 417 g/mol. The summed E-state index contributed by atoms with van der Waals surface area (Å²) in [6.07, 6.45) is 0.887. The first-order chi connectivity index (χ1) is 14.6. The number of rotatable bonds is 7. The van der Waals surface area contributed by atoms with Gasteiger partial charge in [-0.1, -0.05) is 36.2 Å². The molecule has 0 radical (unpaired) electrons. The van der Waals surface area contributed by atoms with Gasteiger partial charge in [-0.05, 0) is 35.7 Å². The Hall–Kier alpha value is -1.38. The Morgan fingerprint density at radius 3 is 2.73 bits per heavy atom. The molecule has 2 aromatic carbocycles. The van der Waals surface area contributed by atoms with Gasteiger partial charge >= 0.3 is 0 Å².